The van der Waals surface area contributed by atoms with E-state index in [0.29, 0.717) is 0 Å². The molecular weight excluding hydrogens is 230 g/mol. The Morgan fingerprint density at radius 3 is 2.39 bits per heavy atom. The molecule has 0 bridgehead atoms. The summed E-state index contributed by atoms with van der Waals surface area (Å²) in [4.78, 5) is 23.9. The van der Waals surface area contributed by atoms with Crippen molar-refractivity contribution < 1.29 is 14.7 Å². The van der Waals surface area contributed by atoms with E-state index in [9.17, 15) is 9.59 Å². The van der Waals surface area contributed by atoms with E-state index >= 15 is 0 Å². The fraction of sp³-hybridized carbons (Fsp3) is 0.429. The van der Waals surface area contributed by atoms with Crippen LogP contribution in [0.4, 0.5) is 0 Å². The Kier molecular flexibility index (Phi) is 5.04. The Bertz CT molecular complexity index is 412. The van der Waals surface area contributed by atoms with Gasteiger partial charge in [-0.3, -0.25) is 9.59 Å². The SMILES string of the molecule is CC(C)(C(=O)Cc1ccccc1)C(=O)NCCO. The third kappa shape index (κ3) is 3.67. The summed E-state index contributed by atoms with van der Waals surface area (Å²) in [5, 5.41) is 11.2. The molecule has 98 valence electrons. The molecule has 0 unspecified atom stereocenters. The van der Waals surface area contributed by atoms with Gasteiger partial charge in [-0.2, -0.15) is 0 Å². The minimum absolute atomic E-state index is 0.130. The number of carbonyl (C=O) groups excluding carboxylic acids is 2. The summed E-state index contributed by atoms with van der Waals surface area (Å²) in [5.41, 5.74) is -0.184. The number of Topliss-reactive ketones (excluding diaryl/α,β-unsaturated/α-hetero) is 1. The molecule has 0 aliphatic carbocycles. The first kappa shape index (κ1) is 14.4. The van der Waals surface area contributed by atoms with E-state index in [1.807, 2.05) is 30.3 Å². The van der Waals surface area contributed by atoms with Crippen LogP contribution in [0.2, 0.25) is 0 Å². The average molecular weight is 249 g/mol. The van der Waals surface area contributed by atoms with E-state index in [1.54, 1.807) is 13.8 Å². The van der Waals surface area contributed by atoms with Crippen molar-refractivity contribution in [1.82, 2.24) is 5.32 Å². The Balaban J connectivity index is 2.67. The fourth-order valence-electron chi connectivity index (χ4n) is 1.52. The Morgan fingerprint density at radius 2 is 1.83 bits per heavy atom. The zero-order valence-corrected chi connectivity index (χ0v) is 10.8. The van der Waals surface area contributed by atoms with Gasteiger partial charge in [0, 0.05) is 13.0 Å². The van der Waals surface area contributed by atoms with Gasteiger partial charge in [0.15, 0.2) is 5.78 Å². The van der Waals surface area contributed by atoms with Crippen molar-refractivity contribution >= 4 is 11.7 Å². The molecule has 0 heterocycles. The normalized spacial score (nSPS) is 11.1. The van der Waals surface area contributed by atoms with Crippen molar-refractivity contribution in [2.45, 2.75) is 20.3 Å². The predicted molar refractivity (Wildman–Crippen MR) is 69.0 cm³/mol. The molecule has 1 aromatic rings. The molecule has 0 aromatic heterocycles. The maximum Gasteiger partial charge on any atom is 0.233 e. The summed E-state index contributed by atoms with van der Waals surface area (Å²) in [6.07, 6.45) is 0.236. The number of benzene rings is 1. The Morgan fingerprint density at radius 1 is 1.22 bits per heavy atom. The quantitative estimate of drug-likeness (QED) is 0.737. The summed E-state index contributed by atoms with van der Waals surface area (Å²) in [5.74, 6) is -0.485. The van der Waals surface area contributed by atoms with Crippen LogP contribution in [-0.4, -0.2) is 29.9 Å². The number of amides is 1. The molecule has 0 atom stereocenters. The number of ketones is 1. The minimum atomic E-state index is -1.08. The molecule has 4 heteroatoms. The molecule has 0 fully saturated rings. The van der Waals surface area contributed by atoms with Gasteiger partial charge < -0.3 is 10.4 Å². The summed E-state index contributed by atoms with van der Waals surface area (Å²) < 4.78 is 0. The molecule has 1 aromatic carbocycles. The van der Waals surface area contributed by atoms with Gasteiger partial charge in [0.05, 0.1) is 6.61 Å². The zero-order chi connectivity index (χ0) is 13.6. The van der Waals surface area contributed by atoms with Crippen molar-refractivity contribution in [3.63, 3.8) is 0 Å². The highest BCUT2D eigenvalue weighted by atomic mass is 16.3. The largest absolute Gasteiger partial charge is 0.395 e. The molecule has 0 aliphatic rings. The molecule has 0 aliphatic heterocycles. The predicted octanol–water partition coefficient (Wildman–Crippen LogP) is 0.933. The monoisotopic (exact) mass is 249 g/mol. The van der Waals surface area contributed by atoms with E-state index in [0.717, 1.165) is 5.56 Å². The second-order valence-corrected chi connectivity index (χ2v) is 4.69. The van der Waals surface area contributed by atoms with Crippen LogP contribution >= 0.6 is 0 Å². The number of aliphatic hydroxyl groups excluding tert-OH is 1. The fourth-order valence-corrected chi connectivity index (χ4v) is 1.52. The van der Waals surface area contributed by atoms with E-state index in [1.165, 1.54) is 0 Å². The third-order valence-electron chi connectivity index (χ3n) is 2.87. The lowest BCUT2D eigenvalue weighted by atomic mass is 9.84. The van der Waals surface area contributed by atoms with Gasteiger partial charge in [-0.15, -0.1) is 0 Å². The molecule has 18 heavy (non-hydrogen) atoms. The van der Waals surface area contributed by atoms with Crippen molar-refractivity contribution in [2.24, 2.45) is 5.41 Å². The van der Waals surface area contributed by atoms with Gasteiger partial charge in [0.25, 0.3) is 0 Å². The highest BCUT2D eigenvalue weighted by molar-refractivity contribution is 6.05. The summed E-state index contributed by atoms with van der Waals surface area (Å²) in [6, 6.07) is 9.33. The molecule has 2 N–H and O–H groups in total. The van der Waals surface area contributed by atoms with Crippen LogP contribution in [0.1, 0.15) is 19.4 Å². The topological polar surface area (TPSA) is 66.4 Å². The molecule has 1 rings (SSSR count). The Labute approximate surface area is 107 Å². The van der Waals surface area contributed by atoms with Crippen LogP contribution in [0, 0.1) is 5.41 Å². The van der Waals surface area contributed by atoms with Gasteiger partial charge in [-0.25, -0.2) is 0 Å². The van der Waals surface area contributed by atoms with Gasteiger partial charge in [0.2, 0.25) is 5.91 Å². The van der Waals surface area contributed by atoms with E-state index in [2.05, 4.69) is 5.32 Å². The van der Waals surface area contributed by atoms with Crippen LogP contribution in [0.15, 0.2) is 30.3 Å². The number of carbonyl (C=O) groups is 2. The van der Waals surface area contributed by atoms with Crippen LogP contribution in [0.5, 0.6) is 0 Å². The van der Waals surface area contributed by atoms with Gasteiger partial charge in [-0.05, 0) is 19.4 Å². The van der Waals surface area contributed by atoms with Crippen LogP contribution in [0.25, 0.3) is 0 Å². The van der Waals surface area contributed by atoms with Gasteiger partial charge in [0.1, 0.15) is 5.41 Å². The van der Waals surface area contributed by atoms with Gasteiger partial charge >= 0.3 is 0 Å². The molecule has 0 saturated carbocycles. The first-order valence-electron chi connectivity index (χ1n) is 5.95. The first-order valence-corrected chi connectivity index (χ1v) is 5.95. The number of aliphatic hydroxyl groups is 1. The van der Waals surface area contributed by atoms with Crippen molar-refractivity contribution in [3.05, 3.63) is 35.9 Å². The smallest absolute Gasteiger partial charge is 0.233 e. The molecule has 0 saturated heterocycles. The van der Waals surface area contributed by atoms with Gasteiger partial charge in [-0.1, -0.05) is 30.3 Å². The maximum atomic E-state index is 12.1. The summed E-state index contributed by atoms with van der Waals surface area (Å²) in [6.45, 7) is 3.24. The lowest BCUT2D eigenvalue weighted by molar-refractivity contribution is -0.139. The second kappa shape index (κ2) is 6.31. The van der Waals surface area contributed by atoms with Crippen molar-refractivity contribution in [1.29, 1.82) is 0 Å². The lowest BCUT2D eigenvalue weighted by Crippen LogP contribution is -2.44. The molecule has 1 amide bonds. The summed E-state index contributed by atoms with van der Waals surface area (Å²) >= 11 is 0. The highest BCUT2D eigenvalue weighted by Gasteiger charge is 2.35. The highest BCUT2D eigenvalue weighted by Crippen LogP contribution is 2.19. The van der Waals surface area contributed by atoms with Crippen molar-refractivity contribution in [2.75, 3.05) is 13.2 Å². The standard InChI is InChI=1S/C14H19NO3/c1-14(2,13(18)15-8-9-16)12(17)10-11-6-4-3-5-7-11/h3-7,16H,8-10H2,1-2H3,(H,15,18). The molecule has 0 radical (unpaired) electrons. The molecular formula is C14H19NO3. The summed E-state index contributed by atoms with van der Waals surface area (Å²) in [7, 11) is 0. The first-order chi connectivity index (χ1) is 8.48. The maximum absolute atomic E-state index is 12.1. The number of hydrogen-bond donors (Lipinski definition) is 2. The van der Waals surface area contributed by atoms with E-state index < -0.39 is 5.41 Å². The molecule has 4 nitrogen and oxygen atoms in total. The number of rotatable bonds is 6. The van der Waals surface area contributed by atoms with E-state index in [-0.39, 0.29) is 31.3 Å². The van der Waals surface area contributed by atoms with Crippen molar-refractivity contribution in [3.8, 4) is 0 Å². The van der Waals surface area contributed by atoms with Crippen LogP contribution in [-0.2, 0) is 16.0 Å². The molecule has 0 spiro atoms. The van der Waals surface area contributed by atoms with Crippen LogP contribution in [0.3, 0.4) is 0 Å². The minimum Gasteiger partial charge on any atom is -0.395 e. The zero-order valence-electron chi connectivity index (χ0n) is 10.8. The average Bonchev–Trinajstić information content (AvgIpc) is 2.36. The second-order valence-electron chi connectivity index (χ2n) is 4.69. The van der Waals surface area contributed by atoms with E-state index in [4.69, 9.17) is 5.11 Å². The Hall–Kier alpha value is -1.68. The third-order valence-corrected chi connectivity index (χ3v) is 2.87. The number of hydrogen-bond acceptors (Lipinski definition) is 3. The lowest BCUT2D eigenvalue weighted by Gasteiger charge is -2.22. The van der Waals surface area contributed by atoms with Crippen LogP contribution < -0.4 is 5.32 Å². The number of nitrogens with one attached hydrogen (secondary N) is 1.